The summed E-state index contributed by atoms with van der Waals surface area (Å²) in [6.07, 6.45) is 2.05. The van der Waals surface area contributed by atoms with Gasteiger partial charge in [-0.25, -0.2) is 4.39 Å². The van der Waals surface area contributed by atoms with E-state index in [1.54, 1.807) is 12.1 Å². The Bertz CT molecular complexity index is 1150. The van der Waals surface area contributed by atoms with Crippen LogP contribution in [0.3, 0.4) is 0 Å². The van der Waals surface area contributed by atoms with Crippen LogP contribution in [-0.4, -0.2) is 34.3 Å². The van der Waals surface area contributed by atoms with Crippen molar-refractivity contribution in [2.75, 3.05) is 18.5 Å². The van der Waals surface area contributed by atoms with Gasteiger partial charge < -0.3 is 19.9 Å². The Morgan fingerprint density at radius 2 is 2.03 bits per heavy atom. The number of halogens is 1. The van der Waals surface area contributed by atoms with Crippen molar-refractivity contribution in [2.45, 2.75) is 39.3 Å². The third-order valence-corrected chi connectivity index (χ3v) is 5.92. The van der Waals surface area contributed by atoms with E-state index in [0.717, 1.165) is 41.5 Å². The summed E-state index contributed by atoms with van der Waals surface area (Å²) in [6.45, 7) is 5.72. The van der Waals surface area contributed by atoms with Crippen LogP contribution < -0.4 is 10.9 Å². The number of rotatable bonds is 5. The first-order valence-electron chi connectivity index (χ1n) is 10.5. The molecule has 0 saturated carbocycles. The van der Waals surface area contributed by atoms with Crippen molar-refractivity contribution in [3.8, 4) is 0 Å². The van der Waals surface area contributed by atoms with Crippen molar-refractivity contribution in [1.82, 2.24) is 9.88 Å². The minimum atomic E-state index is -0.305. The number of H-pyrrole nitrogens is 1. The number of ether oxygens (including phenoxy) is 1. The van der Waals surface area contributed by atoms with Crippen LogP contribution in [0.5, 0.6) is 0 Å². The van der Waals surface area contributed by atoms with Crippen LogP contribution in [0.4, 0.5) is 10.1 Å². The second-order valence-electron chi connectivity index (χ2n) is 8.12. The first-order chi connectivity index (χ1) is 14.9. The lowest BCUT2D eigenvalue weighted by Crippen LogP contribution is -2.40. The summed E-state index contributed by atoms with van der Waals surface area (Å²) in [5, 5.41) is 4.64. The Morgan fingerprint density at radius 1 is 1.26 bits per heavy atom. The van der Waals surface area contributed by atoms with E-state index in [1.807, 2.05) is 24.8 Å². The molecule has 1 aliphatic rings. The topological polar surface area (TPSA) is 57.4 Å². The van der Waals surface area contributed by atoms with E-state index < -0.39 is 0 Å². The molecule has 0 unspecified atom stereocenters. The lowest BCUT2D eigenvalue weighted by Gasteiger charge is -2.28. The quantitative estimate of drug-likeness (QED) is 0.566. The molecule has 1 aliphatic heterocycles. The number of benzene rings is 2. The summed E-state index contributed by atoms with van der Waals surface area (Å²) in [5.41, 5.74) is 4.26. The van der Waals surface area contributed by atoms with Crippen LogP contribution in [0.1, 0.15) is 29.5 Å². The molecule has 2 aromatic carbocycles. The van der Waals surface area contributed by atoms with Crippen molar-refractivity contribution >= 4 is 33.9 Å². The summed E-state index contributed by atoms with van der Waals surface area (Å²) in [7, 11) is 0. The van der Waals surface area contributed by atoms with Gasteiger partial charge in [-0.15, -0.1) is 0 Å². The highest BCUT2D eigenvalue weighted by Crippen LogP contribution is 2.20. The lowest BCUT2D eigenvalue weighted by atomic mass is 10.1. The third-order valence-electron chi connectivity index (χ3n) is 5.56. The molecule has 1 atom stereocenters. The summed E-state index contributed by atoms with van der Waals surface area (Å²) in [4.78, 5) is 17.8. The number of thiocarbonyl (C=S) groups is 1. The second kappa shape index (κ2) is 9.16. The number of nitrogens with zero attached hydrogens (tertiary/aromatic N) is 1. The fourth-order valence-corrected chi connectivity index (χ4v) is 4.30. The highest BCUT2D eigenvalue weighted by molar-refractivity contribution is 7.80. The molecule has 3 aromatic rings. The Morgan fingerprint density at radius 3 is 2.74 bits per heavy atom. The molecule has 2 N–H and O–H groups in total. The molecule has 0 radical (unpaired) electrons. The van der Waals surface area contributed by atoms with E-state index in [9.17, 15) is 9.18 Å². The Kier molecular flexibility index (Phi) is 6.34. The fourth-order valence-electron chi connectivity index (χ4n) is 4.04. The minimum Gasteiger partial charge on any atom is -0.376 e. The molecule has 0 spiro atoms. The molecule has 2 heterocycles. The van der Waals surface area contributed by atoms with Crippen LogP contribution in [0, 0.1) is 19.7 Å². The summed E-state index contributed by atoms with van der Waals surface area (Å²) in [6, 6.07) is 12.1. The maximum absolute atomic E-state index is 13.2. The van der Waals surface area contributed by atoms with Gasteiger partial charge in [-0.3, -0.25) is 4.79 Å². The van der Waals surface area contributed by atoms with Gasteiger partial charge >= 0.3 is 0 Å². The lowest BCUT2D eigenvalue weighted by molar-refractivity contribution is 0.0904. The molecule has 162 valence electrons. The number of hydrogen-bond donors (Lipinski definition) is 2. The Balaban J connectivity index is 1.62. The molecule has 0 aliphatic carbocycles. The summed E-state index contributed by atoms with van der Waals surface area (Å²) in [5.74, 6) is -0.305. The predicted molar refractivity (Wildman–Crippen MR) is 126 cm³/mol. The summed E-state index contributed by atoms with van der Waals surface area (Å²) >= 11 is 5.66. The van der Waals surface area contributed by atoms with Gasteiger partial charge in [-0.05, 0) is 86.3 Å². The molecular weight excluding hydrogens is 413 g/mol. The Hall–Kier alpha value is -2.77. The van der Waals surface area contributed by atoms with Crippen LogP contribution >= 0.6 is 12.2 Å². The molecule has 4 rings (SSSR count). The van der Waals surface area contributed by atoms with Crippen LogP contribution in [0.25, 0.3) is 10.9 Å². The monoisotopic (exact) mass is 439 g/mol. The number of pyridine rings is 1. The zero-order valence-corrected chi connectivity index (χ0v) is 18.5. The molecule has 1 fully saturated rings. The van der Waals surface area contributed by atoms with Crippen LogP contribution in [-0.2, 0) is 11.3 Å². The molecule has 1 saturated heterocycles. The standard InChI is InChI=1S/C24H26FN3O2S/c1-15-10-16(2)22-17(11-15)12-18(23(29)27-22)13-28(14-21-4-3-9-30-21)24(31)26-20-7-5-19(25)6-8-20/h5-8,10-12,21H,3-4,9,13-14H2,1-2H3,(H,26,31)(H,27,29)/t21-/m1/s1. The van der Waals surface area contributed by atoms with E-state index in [1.165, 1.54) is 12.1 Å². The van der Waals surface area contributed by atoms with Crippen molar-refractivity contribution in [3.63, 3.8) is 0 Å². The number of fused-ring (bicyclic) bond motifs is 1. The number of hydrogen-bond acceptors (Lipinski definition) is 3. The minimum absolute atomic E-state index is 0.0667. The van der Waals surface area contributed by atoms with E-state index in [2.05, 4.69) is 22.4 Å². The van der Waals surface area contributed by atoms with E-state index >= 15 is 0 Å². The van der Waals surface area contributed by atoms with Crippen molar-refractivity contribution < 1.29 is 9.13 Å². The zero-order valence-electron chi connectivity index (χ0n) is 17.7. The van der Waals surface area contributed by atoms with Gasteiger partial charge in [-0.1, -0.05) is 11.6 Å². The number of nitrogens with one attached hydrogen (secondary N) is 2. The first-order valence-corrected chi connectivity index (χ1v) is 10.9. The molecule has 7 heteroatoms. The van der Waals surface area contributed by atoms with Gasteiger partial charge in [0.25, 0.3) is 5.56 Å². The molecule has 1 aromatic heterocycles. The molecule has 0 bridgehead atoms. The zero-order chi connectivity index (χ0) is 22.0. The molecular formula is C24H26FN3O2S. The normalized spacial score (nSPS) is 15.9. The van der Waals surface area contributed by atoms with Gasteiger partial charge in [0.05, 0.1) is 18.2 Å². The van der Waals surface area contributed by atoms with Crippen molar-refractivity contribution in [2.24, 2.45) is 0 Å². The number of aryl methyl sites for hydroxylation is 2. The van der Waals surface area contributed by atoms with Crippen LogP contribution in [0.2, 0.25) is 0 Å². The van der Waals surface area contributed by atoms with Gasteiger partial charge in [0, 0.05) is 24.4 Å². The average Bonchev–Trinajstić information content (AvgIpc) is 3.23. The average molecular weight is 440 g/mol. The SMILES string of the molecule is Cc1cc(C)c2[nH]c(=O)c(CN(C[C@H]3CCCO3)C(=S)Nc3ccc(F)cc3)cc2c1. The van der Waals surface area contributed by atoms with E-state index in [-0.39, 0.29) is 17.5 Å². The largest absolute Gasteiger partial charge is 0.376 e. The van der Waals surface area contributed by atoms with Gasteiger partial charge in [-0.2, -0.15) is 0 Å². The second-order valence-corrected chi connectivity index (χ2v) is 8.51. The highest BCUT2D eigenvalue weighted by atomic mass is 32.1. The fraction of sp³-hybridized carbons (Fsp3) is 0.333. The highest BCUT2D eigenvalue weighted by Gasteiger charge is 2.22. The van der Waals surface area contributed by atoms with E-state index in [4.69, 9.17) is 17.0 Å². The maximum Gasteiger partial charge on any atom is 0.253 e. The van der Waals surface area contributed by atoms with Gasteiger partial charge in [0.15, 0.2) is 5.11 Å². The smallest absolute Gasteiger partial charge is 0.253 e. The van der Waals surface area contributed by atoms with Gasteiger partial charge in [0.2, 0.25) is 0 Å². The maximum atomic E-state index is 13.2. The molecule has 5 nitrogen and oxygen atoms in total. The number of aromatic nitrogens is 1. The van der Waals surface area contributed by atoms with Gasteiger partial charge in [0.1, 0.15) is 5.82 Å². The Labute approximate surface area is 186 Å². The van der Waals surface area contributed by atoms with Crippen LogP contribution in [0.15, 0.2) is 47.3 Å². The molecule has 31 heavy (non-hydrogen) atoms. The third kappa shape index (κ3) is 5.11. The predicted octanol–water partition coefficient (Wildman–Crippen LogP) is 4.66. The number of anilines is 1. The number of aromatic amines is 1. The first kappa shape index (κ1) is 21.5. The summed E-state index contributed by atoms with van der Waals surface area (Å²) < 4.78 is 19.0. The van der Waals surface area contributed by atoms with Crippen molar-refractivity contribution in [3.05, 3.63) is 75.3 Å². The molecule has 0 amide bonds. The van der Waals surface area contributed by atoms with Crippen molar-refractivity contribution in [1.29, 1.82) is 0 Å². The van der Waals surface area contributed by atoms with E-state index in [0.29, 0.717) is 29.5 Å².